The minimum absolute atomic E-state index is 0. The minimum Gasteiger partial charge on any atom is -0.497 e. The molecule has 5 heteroatoms. The van der Waals surface area contributed by atoms with Crippen LogP contribution in [0.4, 0.5) is 0 Å². The summed E-state index contributed by atoms with van der Waals surface area (Å²) < 4.78 is 5.18. The van der Waals surface area contributed by atoms with E-state index in [9.17, 15) is 0 Å². The highest BCUT2D eigenvalue weighted by Crippen LogP contribution is 2.31. The Hall–Kier alpha value is -0.910. The van der Waals surface area contributed by atoms with E-state index in [1.54, 1.807) is 18.4 Å². The topological polar surface area (TPSA) is 34.1 Å². The first-order valence-electron chi connectivity index (χ1n) is 6.67. The largest absolute Gasteiger partial charge is 0.497 e. The maximum atomic E-state index is 5.18. The maximum Gasteiger partial charge on any atom is 0.118 e. The summed E-state index contributed by atoms with van der Waals surface area (Å²) in [5, 5.41) is 6.85. The zero-order chi connectivity index (χ0) is 13.1. The smallest absolute Gasteiger partial charge is 0.118 e. The molecular formula is C15H19BrN2OS. The average Bonchev–Trinajstić information content (AvgIpc) is 2.98. The van der Waals surface area contributed by atoms with Crippen molar-refractivity contribution in [1.82, 2.24) is 10.3 Å². The Morgan fingerprint density at radius 2 is 1.90 bits per heavy atom. The van der Waals surface area contributed by atoms with Crippen molar-refractivity contribution < 1.29 is 4.74 Å². The van der Waals surface area contributed by atoms with Gasteiger partial charge in [0.15, 0.2) is 0 Å². The number of nitrogens with zero attached hydrogens (tertiary/aromatic N) is 1. The van der Waals surface area contributed by atoms with Gasteiger partial charge in [-0.2, -0.15) is 0 Å². The SMILES string of the molecule is Br.COc1ccc(-c2csc(C3CCNCC3)n2)cc1. The van der Waals surface area contributed by atoms with Crippen molar-refractivity contribution in [2.75, 3.05) is 20.2 Å². The highest BCUT2D eigenvalue weighted by molar-refractivity contribution is 8.93. The molecule has 0 amide bonds. The van der Waals surface area contributed by atoms with E-state index in [2.05, 4.69) is 22.8 Å². The second kappa shape index (κ2) is 7.20. The second-order valence-corrected chi connectivity index (χ2v) is 5.71. The van der Waals surface area contributed by atoms with Crippen LogP contribution in [0, 0.1) is 0 Å². The molecule has 1 aliphatic rings. The van der Waals surface area contributed by atoms with E-state index < -0.39 is 0 Å². The standard InChI is InChI=1S/C15H18N2OS.BrH/c1-18-13-4-2-11(3-5-13)14-10-19-15(17-14)12-6-8-16-9-7-12;/h2-5,10,12,16H,6-9H2,1H3;1H. The zero-order valence-corrected chi connectivity index (χ0v) is 14.0. The van der Waals surface area contributed by atoms with Crippen LogP contribution >= 0.6 is 28.3 Å². The monoisotopic (exact) mass is 354 g/mol. The first-order chi connectivity index (χ1) is 9.36. The van der Waals surface area contributed by atoms with Gasteiger partial charge in [0.2, 0.25) is 0 Å². The lowest BCUT2D eigenvalue weighted by Gasteiger charge is -2.20. The fourth-order valence-corrected chi connectivity index (χ4v) is 3.44. The van der Waals surface area contributed by atoms with Crippen LogP contribution in [-0.2, 0) is 0 Å². The van der Waals surface area contributed by atoms with E-state index >= 15 is 0 Å². The minimum atomic E-state index is 0. The van der Waals surface area contributed by atoms with Crippen molar-refractivity contribution in [3.05, 3.63) is 34.7 Å². The number of aromatic nitrogens is 1. The lowest BCUT2D eigenvalue weighted by molar-refractivity contribution is 0.415. The van der Waals surface area contributed by atoms with E-state index in [0.717, 1.165) is 30.1 Å². The van der Waals surface area contributed by atoms with Gasteiger partial charge in [-0.1, -0.05) is 0 Å². The van der Waals surface area contributed by atoms with Crippen LogP contribution in [0.3, 0.4) is 0 Å². The highest BCUT2D eigenvalue weighted by Gasteiger charge is 2.18. The molecule has 0 saturated carbocycles. The molecule has 1 aromatic carbocycles. The second-order valence-electron chi connectivity index (χ2n) is 4.82. The van der Waals surface area contributed by atoms with Gasteiger partial charge in [0.1, 0.15) is 5.75 Å². The number of nitrogens with one attached hydrogen (secondary N) is 1. The first kappa shape index (κ1) is 15.5. The third kappa shape index (κ3) is 3.40. The van der Waals surface area contributed by atoms with Crippen LogP contribution in [-0.4, -0.2) is 25.2 Å². The Balaban J connectivity index is 0.00000147. The lowest BCUT2D eigenvalue weighted by atomic mass is 9.99. The van der Waals surface area contributed by atoms with Gasteiger partial charge in [-0.15, -0.1) is 28.3 Å². The van der Waals surface area contributed by atoms with Gasteiger partial charge in [-0.25, -0.2) is 4.98 Å². The molecule has 1 fully saturated rings. The van der Waals surface area contributed by atoms with Crippen LogP contribution in [0.1, 0.15) is 23.8 Å². The molecule has 20 heavy (non-hydrogen) atoms. The van der Waals surface area contributed by atoms with E-state index in [1.165, 1.54) is 17.8 Å². The molecule has 2 heterocycles. The first-order valence-corrected chi connectivity index (χ1v) is 7.55. The number of thiazole rings is 1. The highest BCUT2D eigenvalue weighted by atomic mass is 79.9. The van der Waals surface area contributed by atoms with Gasteiger partial charge in [-0.3, -0.25) is 0 Å². The number of hydrogen-bond donors (Lipinski definition) is 1. The molecule has 0 bridgehead atoms. The molecular weight excluding hydrogens is 336 g/mol. The number of rotatable bonds is 3. The number of halogens is 1. The third-order valence-electron chi connectivity index (χ3n) is 3.60. The fraction of sp³-hybridized carbons (Fsp3) is 0.400. The third-order valence-corrected chi connectivity index (χ3v) is 4.60. The van der Waals surface area contributed by atoms with Gasteiger partial charge in [0.25, 0.3) is 0 Å². The van der Waals surface area contributed by atoms with Gasteiger partial charge in [0.05, 0.1) is 17.8 Å². The molecule has 3 rings (SSSR count). The number of ether oxygens (including phenoxy) is 1. The van der Waals surface area contributed by atoms with Crippen molar-refractivity contribution in [2.24, 2.45) is 0 Å². The van der Waals surface area contributed by atoms with E-state index in [0.29, 0.717) is 5.92 Å². The molecule has 108 valence electrons. The molecule has 0 spiro atoms. The maximum absolute atomic E-state index is 5.18. The van der Waals surface area contributed by atoms with Crippen molar-refractivity contribution in [3.63, 3.8) is 0 Å². The summed E-state index contributed by atoms with van der Waals surface area (Å²) >= 11 is 1.79. The van der Waals surface area contributed by atoms with Gasteiger partial charge in [-0.05, 0) is 50.2 Å². The van der Waals surface area contributed by atoms with E-state index in [-0.39, 0.29) is 17.0 Å². The molecule has 3 nitrogen and oxygen atoms in total. The number of hydrogen-bond acceptors (Lipinski definition) is 4. The molecule has 1 saturated heterocycles. The van der Waals surface area contributed by atoms with Crippen LogP contribution in [0.25, 0.3) is 11.3 Å². The molecule has 1 aliphatic heterocycles. The van der Waals surface area contributed by atoms with Gasteiger partial charge < -0.3 is 10.1 Å². The number of benzene rings is 1. The van der Waals surface area contributed by atoms with E-state index in [1.807, 2.05) is 12.1 Å². The summed E-state index contributed by atoms with van der Waals surface area (Å²) in [7, 11) is 1.69. The normalized spacial score (nSPS) is 15.7. The Morgan fingerprint density at radius 1 is 1.20 bits per heavy atom. The summed E-state index contributed by atoms with van der Waals surface area (Å²) in [4.78, 5) is 4.81. The quantitative estimate of drug-likeness (QED) is 0.908. The zero-order valence-electron chi connectivity index (χ0n) is 11.5. The van der Waals surface area contributed by atoms with Gasteiger partial charge in [0, 0.05) is 16.9 Å². The molecule has 2 aromatic rings. The number of methoxy groups -OCH3 is 1. The van der Waals surface area contributed by atoms with E-state index in [4.69, 9.17) is 9.72 Å². The van der Waals surface area contributed by atoms with Crippen molar-refractivity contribution >= 4 is 28.3 Å². The van der Waals surface area contributed by atoms with Crippen LogP contribution in [0.15, 0.2) is 29.6 Å². The van der Waals surface area contributed by atoms with Crippen LogP contribution in [0.2, 0.25) is 0 Å². The Labute approximate surface area is 134 Å². The summed E-state index contributed by atoms with van der Waals surface area (Å²) in [6.07, 6.45) is 2.41. The van der Waals surface area contributed by atoms with Crippen molar-refractivity contribution in [3.8, 4) is 17.0 Å². The summed E-state index contributed by atoms with van der Waals surface area (Å²) in [5.74, 6) is 1.52. The van der Waals surface area contributed by atoms with Crippen molar-refractivity contribution in [1.29, 1.82) is 0 Å². The van der Waals surface area contributed by atoms with Crippen LogP contribution < -0.4 is 10.1 Å². The van der Waals surface area contributed by atoms with Crippen molar-refractivity contribution in [2.45, 2.75) is 18.8 Å². The Bertz CT molecular complexity index is 535. The molecule has 1 N–H and O–H groups in total. The molecule has 0 aliphatic carbocycles. The number of piperidine rings is 1. The van der Waals surface area contributed by atoms with Gasteiger partial charge >= 0.3 is 0 Å². The summed E-state index contributed by atoms with van der Waals surface area (Å²) in [6.45, 7) is 2.23. The Morgan fingerprint density at radius 3 is 2.55 bits per heavy atom. The summed E-state index contributed by atoms with van der Waals surface area (Å²) in [6, 6.07) is 8.11. The molecule has 0 atom stereocenters. The van der Waals surface area contributed by atoms with Crippen LogP contribution in [0.5, 0.6) is 5.75 Å². The molecule has 0 radical (unpaired) electrons. The molecule has 0 unspecified atom stereocenters. The predicted molar refractivity (Wildman–Crippen MR) is 89.3 cm³/mol. The average molecular weight is 355 g/mol. The predicted octanol–water partition coefficient (Wildman–Crippen LogP) is 3.86. The molecule has 1 aromatic heterocycles. The Kier molecular flexibility index (Phi) is 5.57. The fourth-order valence-electron chi connectivity index (χ4n) is 2.44. The summed E-state index contributed by atoms with van der Waals surface area (Å²) in [5.41, 5.74) is 2.25. The lowest BCUT2D eigenvalue weighted by Crippen LogP contribution is -2.26.